The molecule has 0 aliphatic rings. The Morgan fingerprint density at radius 1 is 0.941 bits per heavy atom. The van der Waals surface area contributed by atoms with Crippen LogP contribution < -0.4 is 9.64 Å². The fourth-order valence-electron chi connectivity index (χ4n) is 2.78. The number of hydrogen-bond acceptors (Lipinski definition) is 7. The largest absolute Gasteiger partial charge is 0.443 e. The van der Waals surface area contributed by atoms with Crippen molar-refractivity contribution in [3.05, 3.63) is 54.1 Å². The summed E-state index contributed by atoms with van der Waals surface area (Å²) in [4.78, 5) is 27.2. The average molecular weight is 466 g/mol. The highest BCUT2D eigenvalue weighted by Crippen LogP contribution is 2.23. The molecule has 1 aromatic heterocycles. The zero-order valence-corrected chi connectivity index (χ0v) is 20.7. The van der Waals surface area contributed by atoms with Crippen LogP contribution in [0.1, 0.15) is 47.1 Å². The molecule has 1 heterocycles. The maximum Gasteiger partial charge on any atom is 0.414 e. The molecule has 0 saturated heterocycles. The molecule has 0 atom stereocenters. The van der Waals surface area contributed by atoms with Gasteiger partial charge in [-0.3, -0.25) is 9.69 Å². The summed E-state index contributed by atoms with van der Waals surface area (Å²) in [7, 11) is 1.67. The fourth-order valence-corrected chi connectivity index (χ4v) is 2.78. The molecule has 3 aromatic rings. The lowest BCUT2D eigenvalue weighted by molar-refractivity contribution is -0.143. The molecule has 0 bridgehead atoms. The van der Waals surface area contributed by atoms with E-state index in [2.05, 4.69) is 15.4 Å². The molecule has 0 aliphatic carbocycles. The second-order valence-electron chi connectivity index (χ2n) is 10.0. The fraction of sp³-hybridized carbons (Fsp3) is 0.400. The van der Waals surface area contributed by atoms with E-state index in [1.54, 1.807) is 52.1 Å². The van der Waals surface area contributed by atoms with Gasteiger partial charge in [-0.05, 0) is 88.7 Å². The number of hydrogen-bond donors (Lipinski definition) is 0. The van der Waals surface area contributed by atoms with Crippen LogP contribution in [0, 0.1) is 5.41 Å². The Kier molecular flexibility index (Phi) is 7.04. The number of benzene rings is 2. The molecule has 0 radical (unpaired) electrons. The predicted molar refractivity (Wildman–Crippen MR) is 129 cm³/mol. The number of amides is 1. The quantitative estimate of drug-likeness (QED) is 0.397. The Balaban J connectivity index is 1.62. The van der Waals surface area contributed by atoms with Crippen LogP contribution in [0.15, 0.2) is 48.5 Å². The van der Waals surface area contributed by atoms with E-state index in [9.17, 15) is 9.59 Å². The minimum absolute atomic E-state index is 0.298. The van der Waals surface area contributed by atoms with Gasteiger partial charge in [-0.1, -0.05) is 12.1 Å². The number of aromatic nitrogens is 4. The van der Waals surface area contributed by atoms with Gasteiger partial charge in [-0.15, -0.1) is 10.2 Å². The summed E-state index contributed by atoms with van der Waals surface area (Å²) >= 11 is 0. The number of tetrazole rings is 1. The molecule has 34 heavy (non-hydrogen) atoms. The first-order valence-electron chi connectivity index (χ1n) is 11.0. The molecule has 1 amide bonds. The van der Waals surface area contributed by atoms with Gasteiger partial charge in [0.2, 0.25) is 5.82 Å². The number of carbonyl (C=O) groups excluding carboxylic acids is 2. The Labute approximate surface area is 199 Å². The minimum Gasteiger partial charge on any atom is -0.443 e. The van der Waals surface area contributed by atoms with E-state index in [1.165, 1.54) is 9.70 Å². The molecule has 9 heteroatoms. The first kappa shape index (κ1) is 24.9. The second-order valence-corrected chi connectivity index (χ2v) is 10.0. The van der Waals surface area contributed by atoms with Gasteiger partial charge < -0.3 is 9.47 Å². The molecule has 180 valence electrons. The second kappa shape index (κ2) is 9.62. The van der Waals surface area contributed by atoms with Gasteiger partial charge in [0, 0.05) is 18.3 Å². The van der Waals surface area contributed by atoms with Gasteiger partial charge in [-0.25, -0.2) is 4.79 Å². The van der Waals surface area contributed by atoms with E-state index >= 15 is 0 Å². The predicted octanol–water partition coefficient (Wildman–Crippen LogP) is 4.71. The van der Waals surface area contributed by atoms with E-state index in [-0.39, 0.29) is 5.97 Å². The maximum atomic E-state index is 12.2. The van der Waals surface area contributed by atoms with Crippen molar-refractivity contribution in [2.45, 2.75) is 53.7 Å². The van der Waals surface area contributed by atoms with E-state index in [1.807, 2.05) is 45.0 Å². The lowest BCUT2D eigenvalue weighted by Gasteiger charge is -2.24. The molecule has 0 unspecified atom stereocenters. The Bertz CT molecular complexity index is 1140. The third-order valence-corrected chi connectivity index (χ3v) is 4.70. The number of ether oxygens (including phenoxy) is 2. The molecule has 3 rings (SSSR count). The number of nitrogens with zero attached hydrogens (tertiary/aromatic N) is 5. The molecule has 0 aliphatic heterocycles. The molecule has 0 spiro atoms. The first-order chi connectivity index (χ1) is 15.8. The summed E-state index contributed by atoms with van der Waals surface area (Å²) in [5.74, 6) is 0.634. The van der Waals surface area contributed by atoms with Crippen molar-refractivity contribution in [1.82, 2.24) is 20.2 Å². The van der Waals surface area contributed by atoms with Crippen LogP contribution in [-0.4, -0.2) is 44.9 Å². The third-order valence-electron chi connectivity index (χ3n) is 4.70. The van der Waals surface area contributed by atoms with Crippen molar-refractivity contribution < 1.29 is 19.1 Å². The van der Waals surface area contributed by atoms with Gasteiger partial charge in [-0.2, -0.15) is 4.80 Å². The van der Waals surface area contributed by atoms with Crippen LogP contribution in [0.2, 0.25) is 0 Å². The van der Waals surface area contributed by atoms with Crippen molar-refractivity contribution >= 4 is 17.7 Å². The minimum atomic E-state index is -0.577. The zero-order valence-electron chi connectivity index (χ0n) is 20.7. The van der Waals surface area contributed by atoms with Crippen LogP contribution in [0.4, 0.5) is 10.5 Å². The molecule has 9 nitrogen and oxygen atoms in total. The summed E-state index contributed by atoms with van der Waals surface area (Å²) < 4.78 is 10.8. The van der Waals surface area contributed by atoms with Crippen molar-refractivity contribution in [3.8, 4) is 17.1 Å². The highest BCUT2D eigenvalue weighted by atomic mass is 16.6. The first-order valence-corrected chi connectivity index (χ1v) is 11.0. The third kappa shape index (κ3) is 6.63. The van der Waals surface area contributed by atoms with E-state index < -0.39 is 17.1 Å². The van der Waals surface area contributed by atoms with Gasteiger partial charge >= 0.3 is 12.1 Å². The van der Waals surface area contributed by atoms with Crippen molar-refractivity contribution in [3.63, 3.8) is 0 Å². The van der Waals surface area contributed by atoms with Crippen LogP contribution >= 0.6 is 0 Å². The Hall–Kier alpha value is -3.75. The molecule has 0 saturated carbocycles. The van der Waals surface area contributed by atoms with Crippen molar-refractivity contribution in [2.75, 3.05) is 11.9 Å². The van der Waals surface area contributed by atoms with Crippen LogP contribution in [0.25, 0.3) is 11.4 Å². The average Bonchev–Trinajstić information content (AvgIpc) is 3.21. The molecular formula is C25H31N5O4. The van der Waals surface area contributed by atoms with Gasteiger partial charge in [0.25, 0.3) is 0 Å². The van der Waals surface area contributed by atoms with E-state index in [0.29, 0.717) is 18.1 Å². The normalized spacial score (nSPS) is 11.7. The summed E-state index contributed by atoms with van der Waals surface area (Å²) in [6, 6.07) is 14.5. The monoisotopic (exact) mass is 465 g/mol. The number of carbonyl (C=O) groups is 2. The molecule has 2 aromatic carbocycles. The summed E-state index contributed by atoms with van der Waals surface area (Å²) in [6.07, 6.45) is -0.415. The van der Waals surface area contributed by atoms with Crippen LogP contribution in [0.5, 0.6) is 5.75 Å². The lowest BCUT2D eigenvalue weighted by atomic mass is 9.97. The van der Waals surface area contributed by atoms with Crippen molar-refractivity contribution in [1.29, 1.82) is 0 Å². The standard InChI is InChI=1S/C25H31N5O4/c1-24(2,3)22(31)33-20-14-10-18(11-15-20)21-26-28-30(27-21)16-17-8-12-19(13-9-17)29(7)23(32)34-25(4,5)6/h8-15H,16H2,1-7H3. The molecular weight excluding hydrogens is 434 g/mol. The Morgan fingerprint density at radius 2 is 1.56 bits per heavy atom. The smallest absolute Gasteiger partial charge is 0.414 e. The summed E-state index contributed by atoms with van der Waals surface area (Å²) in [5, 5.41) is 12.7. The van der Waals surface area contributed by atoms with E-state index in [0.717, 1.165) is 16.8 Å². The zero-order chi connectivity index (χ0) is 25.1. The van der Waals surface area contributed by atoms with E-state index in [4.69, 9.17) is 9.47 Å². The highest BCUT2D eigenvalue weighted by molar-refractivity contribution is 5.87. The Morgan fingerprint density at radius 3 is 2.12 bits per heavy atom. The number of esters is 1. The number of anilines is 1. The summed E-state index contributed by atoms with van der Waals surface area (Å²) in [6.45, 7) is 11.3. The highest BCUT2D eigenvalue weighted by Gasteiger charge is 2.24. The van der Waals surface area contributed by atoms with Gasteiger partial charge in [0.15, 0.2) is 0 Å². The number of rotatable bonds is 5. The lowest BCUT2D eigenvalue weighted by Crippen LogP contribution is -2.34. The SMILES string of the molecule is CN(C(=O)OC(C)(C)C)c1ccc(Cn2nnc(-c3ccc(OC(=O)C(C)(C)C)cc3)n2)cc1. The van der Waals surface area contributed by atoms with Gasteiger partial charge in [0.05, 0.1) is 12.0 Å². The molecule has 0 N–H and O–H groups in total. The maximum absolute atomic E-state index is 12.2. The summed E-state index contributed by atoms with van der Waals surface area (Å²) in [5.41, 5.74) is 1.30. The van der Waals surface area contributed by atoms with Crippen molar-refractivity contribution in [2.24, 2.45) is 5.41 Å². The van der Waals surface area contributed by atoms with Gasteiger partial charge in [0.1, 0.15) is 11.4 Å². The topological polar surface area (TPSA) is 99.4 Å². The van der Waals surface area contributed by atoms with Crippen LogP contribution in [0.3, 0.4) is 0 Å². The van der Waals surface area contributed by atoms with Crippen LogP contribution in [-0.2, 0) is 16.1 Å². The molecule has 0 fully saturated rings.